The van der Waals surface area contributed by atoms with Crippen molar-refractivity contribution in [3.63, 3.8) is 0 Å². The van der Waals surface area contributed by atoms with Crippen LogP contribution in [0.4, 0.5) is 17.1 Å². The Bertz CT molecular complexity index is 3290. The van der Waals surface area contributed by atoms with Gasteiger partial charge >= 0.3 is 0 Å². The first-order valence-corrected chi connectivity index (χ1v) is 20.5. The molecular weight excluding hydrogens is 727 g/mol. The minimum atomic E-state index is 0.868. The van der Waals surface area contributed by atoms with E-state index in [0.29, 0.717) is 0 Å². The van der Waals surface area contributed by atoms with Gasteiger partial charge in [0, 0.05) is 33.9 Å². The van der Waals surface area contributed by atoms with E-state index < -0.39 is 0 Å². The standard InChI is InChI=1S/C58H39NO/c1-2-10-40(11-3-1)47-14-8-15-48(36-47)45-28-32-53(33-29-45)59(54-34-35-56-55-18-6-7-19-57(55)60-58(56)39-54)52-30-26-43(27-31-52)42-20-22-44(23-21-42)49-16-9-17-50(37-49)51-25-24-41-12-4-5-13-46(41)38-51/h1-39H. The summed E-state index contributed by atoms with van der Waals surface area (Å²) in [5.74, 6) is 0. The third kappa shape index (κ3) is 6.70. The molecule has 1 heterocycles. The zero-order valence-corrected chi connectivity index (χ0v) is 32.9. The molecule has 0 bridgehead atoms. The van der Waals surface area contributed by atoms with Crippen molar-refractivity contribution in [2.24, 2.45) is 0 Å². The molecule has 282 valence electrons. The Labute approximate surface area is 349 Å². The van der Waals surface area contributed by atoms with Crippen LogP contribution < -0.4 is 4.90 Å². The van der Waals surface area contributed by atoms with E-state index in [2.05, 4.69) is 229 Å². The molecule has 0 spiro atoms. The molecule has 0 aliphatic rings. The number of rotatable bonds is 8. The summed E-state index contributed by atoms with van der Waals surface area (Å²) in [4.78, 5) is 2.31. The second-order valence-electron chi connectivity index (χ2n) is 15.4. The van der Waals surface area contributed by atoms with Crippen LogP contribution in [0.1, 0.15) is 0 Å². The van der Waals surface area contributed by atoms with Crippen LogP contribution in [-0.4, -0.2) is 0 Å². The molecule has 2 nitrogen and oxygen atoms in total. The highest BCUT2D eigenvalue weighted by Gasteiger charge is 2.16. The summed E-state index contributed by atoms with van der Waals surface area (Å²) >= 11 is 0. The summed E-state index contributed by atoms with van der Waals surface area (Å²) in [7, 11) is 0. The minimum absolute atomic E-state index is 0.868. The average Bonchev–Trinajstić information content (AvgIpc) is 3.70. The Morgan fingerprint density at radius 1 is 0.233 bits per heavy atom. The molecule has 0 aliphatic heterocycles. The Morgan fingerprint density at radius 3 is 1.28 bits per heavy atom. The fourth-order valence-corrected chi connectivity index (χ4v) is 8.52. The van der Waals surface area contributed by atoms with Gasteiger partial charge in [0.2, 0.25) is 0 Å². The monoisotopic (exact) mass is 765 g/mol. The summed E-state index contributed by atoms with van der Waals surface area (Å²) in [6, 6.07) is 84.8. The van der Waals surface area contributed by atoms with Crippen molar-refractivity contribution in [2.45, 2.75) is 0 Å². The van der Waals surface area contributed by atoms with E-state index >= 15 is 0 Å². The Kier molecular flexibility index (Phi) is 8.87. The molecule has 11 rings (SSSR count). The molecule has 60 heavy (non-hydrogen) atoms. The van der Waals surface area contributed by atoms with Gasteiger partial charge < -0.3 is 9.32 Å². The van der Waals surface area contributed by atoms with Crippen LogP contribution in [0.15, 0.2) is 241 Å². The van der Waals surface area contributed by atoms with Crippen molar-refractivity contribution in [3.8, 4) is 55.6 Å². The number of hydrogen-bond donors (Lipinski definition) is 0. The summed E-state index contributed by atoms with van der Waals surface area (Å²) < 4.78 is 6.38. The predicted octanol–water partition coefficient (Wildman–Crippen LogP) is 16.5. The number of anilines is 3. The van der Waals surface area contributed by atoms with Crippen molar-refractivity contribution in [2.75, 3.05) is 4.90 Å². The number of nitrogens with zero attached hydrogens (tertiary/aromatic N) is 1. The summed E-state index contributed by atoms with van der Waals surface area (Å²) in [5, 5.41) is 4.75. The van der Waals surface area contributed by atoms with Gasteiger partial charge in [-0.15, -0.1) is 0 Å². The van der Waals surface area contributed by atoms with Gasteiger partial charge in [0.25, 0.3) is 0 Å². The zero-order chi connectivity index (χ0) is 39.8. The smallest absolute Gasteiger partial charge is 0.137 e. The lowest BCUT2D eigenvalue weighted by Gasteiger charge is -2.26. The third-order valence-corrected chi connectivity index (χ3v) is 11.7. The fourth-order valence-electron chi connectivity index (χ4n) is 8.52. The molecular formula is C58H39NO. The average molecular weight is 766 g/mol. The van der Waals surface area contributed by atoms with Gasteiger partial charge in [-0.05, 0) is 127 Å². The van der Waals surface area contributed by atoms with Crippen molar-refractivity contribution < 1.29 is 4.42 Å². The molecule has 11 aromatic rings. The molecule has 0 aliphatic carbocycles. The van der Waals surface area contributed by atoms with Gasteiger partial charge in [-0.2, -0.15) is 0 Å². The second kappa shape index (κ2) is 15.1. The molecule has 10 aromatic carbocycles. The lowest BCUT2D eigenvalue weighted by Crippen LogP contribution is -2.09. The van der Waals surface area contributed by atoms with Gasteiger partial charge in [-0.3, -0.25) is 0 Å². The first kappa shape index (κ1) is 35.2. The molecule has 0 saturated carbocycles. The molecule has 0 radical (unpaired) electrons. The summed E-state index contributed by atoms with van der Waals surface area (Å²) in [6.45, 7) is 0. The number of benzene rings is 10. The molecule has 0 amide bonds. The van der Waals surface area contributed by atoms with E-state index in [4.69, 9.17) is 4.42 Å². The topological polar surface area (TPSA) is 16.4 Å². The molecule has 0 unspecified atom stereocenters. The van der Waals surface area contributed by atoms with Crippen LogP contribution in [0.25, 0.3) is 88.3 Å². The van der Waals surface area contributed by atoms with Crippen LogP contribution in [-0.2, 0) is 0 Å². The quantitative estimate of drug-likeness (QED) is 0.153. The minimum Gasteiger partial charge on any atom is -0.456 e. The van der Waals surface area contributed by atoms with Gasteiger partial charge in [0.15, 0.2) is 0 Å². The highest BCUT2D eigenvalue weighted by atomic mass is 16.3. The van der Waals surface area contributed by atoms with E-state index in [1.165, 1.54) is 60.8 Å². The van der Waals surface area contributed by atoms with Gasteiger partial charge in [-0.25, -0.2) is 0 Å². The molecule has 0 atom stereocenters. The van der Waals surface area contributed by atoms with Crippen LogP contribution in [0, 0.1) is 0 Å². The highest BCUT2D eigenvalue weighted by molar-refractivity contribution is 6.06. The number of furan rings is 1. The first-order valence-electron chi connectivity index (χ1n) is 20.5. The number of hydrogen-bond acceptors (Lipinski definition) is 2. The maximum atomic E-state index is 6.38. The molecule has 1 aromatic heterocycles. The van der Waals surface area contributed by atoms with Crippen LogP contribution in [0.2, 0.25) is 0 Å². The second-order valence-corrected chi connectivity index (χ2v) is 15.4. The predicted molar refractivity (Wildman–Crippen MR) is 253 cm³/mol. The third-order valence-electron chi connectivity index (χ3n) is 11.7. The normalized spacial score (nSPS) is 11.3. The maximum absolute atomic E-state index is 6.38. The van der Waals surface area contributed by atoms with E-state index in [9.17, 15) is 0 Å². The Hall–Kier alpha value is -7.94. The number of para-hydroxylation sites is 1. The number of fused-ring (bicyclic) bond motifs is 4. The van der Waals surface area contributed by atoms with Gasteiger partial charge in [0.05, 0.1) is 0 Å². The maximum Gasteiger partial charge on any atom is 0.137 e. The lowest BCUT2D eigenvalue weighted by molar-refractivity contribution is 0.669. The largest absolute Gasteiger partial charge is 0.456 e. The van der Waals surface area contributed by atoms with Crippen LogP contribution in [0.3, 0.4) is 0 Å². The first-order chi connectivity index (χ1) is 29.7. The Morgan fingerprint density at radius 2 is 0.650 bits per heavy atom. The van der Waals surface area contributed by atoms with Crippen molar-refractivity contribution in [1.82, 2.24) is 0 Å². The summed E-state index contributed by atoms with van der Waals surface area (Å²) in [5.41, 5.74) is 16.9. The summed E-state index contributed by atoms with van der Waals surface area (Å²) in [6.07, 6.45) is 0. The van der Waals surface area contributed by atoms with Crippen molar-refractivity contribution in [3.05, 3.63) is 237 Å². The van der Waals surface area contributed by atoms with E-state index in [1.807, 2.05) is 12.1 Å². The van der Waals surface area contributed by atoms with Gasteiger partial charge in [-0.1, -0.05) is 170 Å². The molecule has 2 heteroatoms. The van der Waals surface area contributed by atoms with E-state index in [0.717, 1.165) is 44.6 Å². The van der Waals surface area contributed by atoms with Gasteiger partial charge in [0.1, 0.15) is 11.2 Å². The SMILES string of the molecule is c1ccc(-c2cccc(-c3ccc(N(c4ccc(-c5ccc(-c6cccc(-c7ccc8ccccc8c7)c6)cc5)cc4)c4ccc5c(c4)oc4ccccc45)cc3)c2)cc1. The lowest BCUT2D eigenvalue weighted by atomic mass is 9.96. The zero-order valence-electron chi connectivity index (χ0n) is 32.9. The van der Waals surface area contributed by atoms with Crippen molar-refractivity contribution in [1.29, 1.82) is 0 Å². The highest BCUT2D eigenvalue weighted by Crippen LogP contribution is 2.40. The molecule has 0 fully saturated rings. The Balaban J connectivity index is 0.907. The van der Waals surface area contributed by atoms with E-state index in [1.54, 1.807) is 0 Å². The van der Waals surface area contributed by atoms with Crippen LogP contribution in [0.5, 0.6) is 0 Å². The van der Waals surface area contributed by atoms with Crippen molar-refractivity contribution >= 4 is 49.8 Å². The molecule has 0 saturated heterocycles. The fraction of sp³-hybridized carbons (Fsp3) is 0. The van der Waals surface area contributed by atoms with Crippen LogP contribution >= 0.6 is 0 Å². The van der Waals surface area contributed by atoms with E-state index in [-0.39, 0.29) is 0 Å². The molecule has 0 N–H and O–H groups in total.